The molecule has 0 fully saturated rings. The summed E-state index contributed by atoms with van der Waals surface area (Å²) in [7, 11) is -3.33. The Morgan fingerprint density at radius 2 is 1.89 bits per heavy atom. The minimum absolute atomic E-state index is 0.207. The van der Waals surface area contributed by atoms with Crippen molar-refractivity contribution >= 4 is 10.0 Å². The van der Waals surface area contributed by atoms with Crippen LogP contribution < -0.4 is 0 Å². The predicted octanol–water partition coefficient (Wildman–Crippen LogP) is 1.85. The van der Waals surface area contributed by atoms with Crippen LogP contribution in [0, 0.1) is 5.82 Å². The van der Waals surface area contributed by atoms with Gasteiger partial charge in [0, 0.05) is 48.7 Å². The minimum atomic E-state index is -3.33. The average Bonchev–Trinajstić information content (AvgIpc) is 3.01. The first-order valence-corrected chi connectivity index (χ1v) is 10.3. The van der Waals surface area contributed by atoms with E-state index in [0.29, 0.717) is 30.0 Å². The fourth-order valence-corrected chi connectivity index (χ4v) is 4.06. The van der Waals surface area contributed by atoms with Crippen molar-refractivity contribution in [3.8, 4) is 11.5 Å². The third-order valence-corrected chi connectivity index (χ3v) is 5.87. The first-order chi connectivity index (χ1) is 12.9. The second-order valence-corrected chi connectivity index (χ2v) is 8.42. The van der Waals surface area contributed by atoms with Crippen molar-refractivity contribution in [3.05, 3.63) is 65.4 Å². The van der Waals surface area contributed by atoms with E-state index in [2.05, 4.69) is 15.1 Å². The largest absolute Gasteiger partial charge is 0.264 e. The van der Waals surface area contributed by atoms with E-state index in [0.717, 1.165) is 11.3 Å². The summed E-state index contributed by atoms with van der Waals surface area (Å²) in [6.07, 6.45) is 4.92. The second kappa shape index (κ2) is 6.82. The van der Waals surface area contributed by atoms with E-state index >= 15 is 0 Å². The molecule has 4 rings (SSSR count). The summed E-state index contributed by atoms with van der Waals surface area (Å²) in [5.41, 5.74) is 2.72. The van der Waals surface area contributed by atoms with E-state index in [4.69, 9.17) is 0 Å². The number of hydrogen-bond donors (Lipinski definition) is 0. The van der Waals surface area contributed by atoms with Gasteiger partial charge in [0.1, 0.15) is 11.5 Å². The third kappa shape index (κ3) is 3.47. The Balaban J connectivity index is 1.80. The molecule has 3 heterocycles. The highest BCUT2D eigenvalue weighted by Crippen LogP contribution is 2.29. The monoisotopic (exact) mass is 387 g/mol. The van der Waals surface area contributed by atoms with Gasteiger partial charge in [0.05, 0.1) is 12.8 Å². The van der Waals surface area contributed by atoms with Gasteiger partial charge in [-0.25, -0.2) is 22.8 Å². The van der Waals surface area contributed by atoms with E-state index < -0.39 is 10.0 Å². The fourth-order valence-electron chi connectivity index (χ4n) is 3.27. The molecule has 2 aromatic heterocycles. The van der Waals surface area contributed by atoms with Crippen LogP contribution in [0.2, 0.25) is 0 Å². The van der Waals surface area contributed by atoms with Gasteiger partial charge in [-0.15, -0.1) is 0 Å². The van der Waals surface area contributed by atoms with Crippen LogP contribution >= 0.6 is 0 Å². The Labute approximate surface area is 156 Å². The number of fused-ring (bicyclic) bond motifs is 1. The van der Waals surface area contributed by atoms with Gasteiger partial charge in [-0.05, 0) is 12.1 Å². The second-order valence-electron chi connectivity index (χ2n) is 6.44. The Morgan fingerprint density at radius 1 is 1.15 bits per heavy atom. The number of hydrogen-bond acceptors (Lipinski definition) is 5. The summed E-state index contributed by atoms with van der Waals surface area (Å²) < 4.78 is 41.3. The number of nitrogens with zero attached hydrogens (tertiary/aromatic N) is 5. The molecule has 0 bridgehead atoms. The molecule has 3 aromatic rings. The van der Waals surface area contributed by atoms with Gasteiger partial charge >= 0.3 is 0 Å². The normalized spacial score (nSPS) is 14.9. The molecule has 0 spiro atoms. The molecule has 0 amide bonds. The SMILES string of the molecule is CS(=O)(=O)N1CCc2c(c(-c3ncccn3)nn2Cc2ccccc2F)C1. The van der Waals surface area contributed by atoms with E-state index in [9.17, 15) is 12.8 Å². The van der Waals surface area contributed by atoms with Crippen molar-refractivity contribution in [1.82, 2.24) is 24.1 Å². The Hall–Kier alpha value is -2.65. The van der Waals surface area contributed by atoms with Crippen LogP contribution in [-0.4, -0.2) is 45.3 Å². The maximum Gasteiger partial charge on any atom is 0.211 e. The quantitative estimate of drug-likeness (QED) is 0.682. The van der Waals surface area contributed by atoms with E-state index in [1.54, 1.807) is 41.3 Å². The molecule has 1 aromatic carbocycles. The smallest absolute Gasteiger partial charge is 0.211 e. The number of sulfonamides is 1. The lowest BCUT2D eigenvalue weighted by Gasteiger charge is -2.25. The number of rotatable bonds is 4. The molecule has 1 aliphatic rings. The topological polar surface area (TPSA) is 81.0 Å². The van der Waals surface area contributed by atoms with Crippen LogP contribution in [0.1, 0.15) is 16.8 Å². The van der Waals surface area contributed by atoms with E-state index in [1.165, 1.54) is 16.6 Å². The van der Waals surface area contributed by atoms with Crippen molar-refractivity contribution in [1.29, 1.82) is 0 Å². The van der Waals surface area contributed by atoms with E-state index in [1.807, 2.05) is 0 Å². The molecule has 140 valence electrons. The van der Waals surface area contributed by atoms with Gasteiger partial charge in [0.2, 0.25) is 10.0 Å². The summed E-state index contributed by atoms with van der Waals surface area (Å²) in [5.74, 6) is 0.129. The van der Waals surface area contributed by atoms with Crippen LogP contribution in [0.15, 0.2) is 42.7 Å². The van der Waals surface area contributed by atoms with Gasteiger partial charge in [0.15, 0.2) is 5.82 Å². The number of benzene rings is 1. The Kier molecular flexibility index (Phi) is 4.48. The summed E-state index contributed by atoms with van der Waals surface area (Å²) in [6.45, 7) is 0.837. The summed E-state index contributed by atoms with van der Waals surface area (Å²) >= 11 is 0. The standard InChI is InChI=1S/C18H18FN5O2S/c1-27(25,26)23-10-7-16-14(12-23)17(18-20-8-4-9-21-18)22-24(16)11-13-5-2-3-6-15(13)19/h2-6,8-9H,7,10-12H2,1H3. The molecule has 0 radical (unpaired) electrons. The van der Waals surface area contributed by atoms with Crippen molar-refractivity contribution in [2.45, 2.75) is 19.5 Å². The molecule has 0 saturated carbocycles. The van der Waals surface area contributed by atoms with E-state index in [-0.39, 0.29) is 18.9 Å². The Morgan fingerprint density at radius 3 is 2.59 bits per heavy atom. The number of aromatic nitrogens is 4. The first-order valence-electron chi connectivity index (χ1n) is 8.48. The van der Waals surface area contributed by atoms with Crippen molar-refractivity contribution < 1.29 is 12.8 Å². The summed E-state index contributed by atoms with van der Waals surface area (Å²) in [4.78, 5) is 8.51. The fraction of sp³-hybridized carbons (Fsp3) is 0.278. The Bertz CT molecular complexity index is 1080. The number of halogens is 1. The van der Waals surface area contributed by atoms with Gasteiger partial charge in [-0.2, -0.15) is 9.40 Å². The van der Waals surface area contributed by atoms with Crippen LogP contribution in [-0.2, 0) is 29.5 Å². The van der Waals surface area contributed by atoms with Crippen LogP contribution in [0.4, 0.5) is 4.39 Å². The maximum atomic E-state index is 14.1. The predicted molar refractivity (Wildman–Crippen MR) is 97.7 cm³/mol. The molecule has 0 N–H and O–H groups in total. The highest BCUT2D eigenvalue weighted by atomic mass is 32.2. The van der Waals surface area contributed by atoms with Gasteiger partial charge in [-0.3, -0.25) is 4.68 Å². The molecular formula is C18H18FN5O2S. The maximum absolute atomic E-state index is 14.1. The van der Waals surface area contributed by atoms with Crippen LogP contribution in [0.25, 0.3) is 11.5 Å². The molecule has 27 heavy (non-hydrogen) atoms. The molecular weight excluding hydrogens is 369 g/mol. The first kappa shape index (κ1) is 17.7. The molecule has 9 heteroatoms. The molecule has 0 unspecified atom stereocenters. The van der Waals surface area contributed by atoms with Crippen molar-refractivity contribution in [3.63, 3.8) is 0 Å². The zero-order valence-corrected chi connectivity index (χ0v) is 15.5. The molecule has 1 aliphatic heterocycles. The lowest BCUT2D eigenvalue weighted by molar-refractivity contribution is 0.388. The lowest BCUT2D eigenvalue weighted by atomic mass is 10.1. The summed E-state index contributed by atoms with van der Waals surface area (Å²) in [5, 5.41) is 4.62. The molecule has 0 saturated heterocycles. The highest BCUT2D eigenvalue weighted by Gasteiger charge is 2.30. The van der Waals surface area contributed by atoms with Crippen molar-refractivity contribution in [2.24, 2.45) is 0 Å². The zero-order chi connectivity index (χ0) is 19.0. The van der Waals surface area contributed by atoms with Gasteiger partial charge < -0.3 is 0 Å². The zero-order valence-electron chi connectivity index (χ0n) is 14.7. The lowest BCUT2D eigenvalue weighted by Crippen LogP contribution is -2.35. The molecule has 0 atom stereocenters. The summed E-state index contributed by atoms with van der Waals surface area (Å²) in [6, 6.07) is 8.26. The minimum Gasteiger partial charge on any atom is -0.264 e. The molecule has 7 nitrogen and oxygen atoms in total. The van der Waals surface area contributed by atoms with Crippen LogP contribution in [0.3, 0.4) is 0 Å². The van der Waals surface area contributed by atoms with Gasteiger partial charge in [0.25, 0.3) is 0 Å². The average molecular weight is 387 g/mol. The van der Waals surface area contributed by atoms with Gasteiger partial charge in [-0.1, -0.05) is 18.2 Å². The molecule has 0 aliphatic carbocycles. The highest BCUT2D eigenvalue weighted by molar-refractivity contribution is 7.88. The third-order valence-electron chi connectivity index (χ3n) is 4.62. The van der Waals surface area contributed by atoms with Crippen LogP contribution in [0.5, 0.6) is 0 Å². The van der Waals surface area contributed by atoms with Crippen molar-refractivity contribution in [2.75, 3.05) is 12.8 Å².